The van der Waals surface area contributed by atoms with Gasteiger partial charge in [0.05, 0.1) is 27.3 Å². The normalized spacial score (nSPS) is 14.8. The molecular formula is C23H26N4O3S. The Morgan fingerprint density at radius 1 is 0.935 bits per heavy atom. The third kappa shape index (κ3) is 4.31. The lowest BCUT2D eigenvalue weighted by molar-refractivity contribution is 0.102. The number of benzene rings is 2. The van der Waals surface area contributed by atoms with Crippen LogP contribution in [-0.2, 0) is 22.9 Å². The monoisotopic (exact) mass is 438 g/mol. The smallest absolute Gasteiger partial charge is 0.255 e. The minimum atomic E-state index is -3.47. The van der Waals surface area contributed by atoms with E-state index in [1.807, 2.05) is 13.0 Å². The molecule has 0 saturated carbocycles. The van der Waals surface area contributed by atoms with E-state index in [-0.39, 0.29) is 10.8 Å². The molecule has 0 atom stereocenters. The number of aromatic nitrogens is 2. The number of fused-ring (bicyclic) bond motifs is 1. The largest absolute Gasteiger partial charge is 0.322 e. The minimum Gasteiger partial charge on any atom is -0.322 e. The van der Waals surface area contributed by atoms with Crippen molar-refractivity contribution in [3.05, 3.63) is 59.4 Å². The average Bonchev–Trinajstić information content (AvgIpc) is 3.34. The van der Waals surface area contributed by atoms with Crippen LogP contribution in [0.3, 0.4) is 0 Å². The molecule has 1 fully saturated rings. The Bertz CT molecular complexity index is 1220. The standard InChI is InChI=1S/C23H26N4O3S/c1-3-19-20(4-2)26-22-15-16(7-12-21(22)25-19)23(28)24-17-8-10-18(11-9-17)31(29,30)27-13-5-6-14-27/h7-12,15H,3-6,13-14H2,1-2H3,(H,24,28). The van der Waals surface area contributed by atoms with E-state index in [9.17, 15) is 13.2 Å². The average molecular weight is 439 g/mol. The van der Waals surface area contributed by atoms with Gasteiger partial charge in [-0.2, -0.15) is 4.31 Å². The SMILES string of the molecule is CCc1nc2ccc(C(=O)Nc3ccc(S(=O)(=O)N4CCCC4)cc3)cc2nc1CC. The molecular weight excluding hydrogens is 412 g/mol. The van der Waals surface area contributed by atoms with E-state index in [4.69, 9.17) is 0 Å². The molecule has 1 aliphatic rings. The third-order valence-electron chi connectivity index (χ3n) is 5.57. The van der Waals surface area contributed by atoms with Crippen LogP contribution in [0.25, 0.3) is 11.0 Å². The maximum atomic E-state index is 12.7. The summed E-state index contributed by atoms with van der Waals surface area (Å²) in [7, 11) is -3.47. The van der Waals surface area contributed by atoms with Gasteiger partial charge in [-0.15, -0.1) is 0 Å². The number of anilines is 1. The summed E-state index contributed by atoms with van der Waals surface area (Å²) in [5, 5.41) is 2.83. The molecule has 0 spiro atoms. The summed E-state index contributed by atoms with van der Waals surface area (Å²) in [4.78, 5) is 22.3. The van der Waals surface area contributed by atoms with Crippen molar-refractivity contribution in [2.45, 2.75) is 44.4 Å². The lowest BCUT2D eigenvalue weighted by atomic mass is 10.1. The van der Waals surface area contributed by atoms with E-state index in [1.54, 1.807) is 24.3 Å². The van der Waals surface area contributed by atoms with Crippen LogP contribution in [-0.4, -0.2) is 41.7 Å². The summed E-state index contributed by atoms with van der Waals surface area (Å²) in [5.41, 5.74) is 4.39. The fourth-order valence-electron chi connectivity index (χ4n) is 3.83. The molecule has 0 bridgehead atoms. The lowest BCUT2D eigenvalue weighted by Gasteiger charge is -2.15. The van der Waals surface area contributed by atoms with Crippen LogP contribution in [0.5, 0.6) is 0 Å². The van der Waals surface area contributed by atoms with Gasteiger partial charge in [-0.25, -0.2) is 18.4 Å². The van der Waals surface area contributed by atoms with E-state index < -0.39 is 10.0 Å². The maximum Gasteiger partial charge on any atom is 0.255 e. The molecule has 4 rings (SSSR count). The third-order valence-corrected chi connectivity index (χ3v) is 7.48. The van der Waals surface area contributed by atoms with Crippen molar-refractivity contribution in [1.82, 2.24) is 14.3 Å². The molecule has 1 saturated heterocycles. The van der Waals surface area contributed by atoms with Gasteiger partial charge in [0, 0.05) is 24.3 Å². The number of aryl methyl sites for hydroxylation is 2. The molecule has 31 heavy (non-hydrogen) atoms. The Hall–Kier alpha value is -2.84. The molecule has 8 heteroatoms. The first-order valence-corrected chi connectivity index (χ1v) is 12.1. The van der Waals surface area contributed by atoms with Crippen molar-refractivity contribution in [1.29, 1.82) is 0 Å². The Morgan fingerprint density at radius 2 is 1.55 bits per heavy atom. The van der Waals surface area contributed by atoms with Crippen molar-refractivity contribution < 1.29 is 13.2 Å². The lowest BCUT2D eigenvalue weighted by Crippen LogP contribution is -2.27. The Balaban J connectivity index is 1.53. The van der Waals surface area contributed by atoms with Gasteiger partial charge in [-0.1, -0.05) is 13.8 Å². The molecule has 162 valence electrons. The highest BCUT2D eigenvalue weighted by Gasteiger charge is 2.27. The van der Waals surface area contributed by atoms with Crippen LogP contribution >= 0.6 is 0 Å². The van der Waals surface area contributed by atoms with Crippen LogP contribution in [0.2, 0.25) is 0 Å². The van der Waals surface area contributed by atoms with Crippen molar-refractivity contribution in [3.63, 3.8) is 0 Å². The summed E-state index contributed by atoms with van der Waals surface area (Å²) in [5.74, 6) is -0.281. The number of rotatable bonds is 6. The van der Waals surface area contributed by atoms with E-state index in [2.05, 4.69) is 22.2 Å². The molecule has 1 N–H and O–H groups in total. The zero-order chi connectivity index (χ0) is 22.0. The molecule has 1 aliphatic heterocycles. The van der Waals surface area contributed by atoms with E-state index in [0.29, 0.717) is 29.9 Å². The van der Waals surface area contributed by atoms with Crippen LogP contribution in [0.15, 0.2) is 47.4 Å². The number of hydrogen-bond acceptors (Lipinski definition) is 5. The van der Waals surface area contributed by atoms with Crippen molar-refractivity contribution in [2.75, 3.05) is 18.4 Å². The highest BCUT2D eigenvalue weighted by atomic mass is 32.2. The van der Waals surface area contributed by atoms with Gasteiger partial charge in [-0.3, -0.25) is 4.79 Å². The molecule has 7 nitrogen and oxygen atoms in total. The molecule has 3 aromatic rings. The first kappa shape index (κ1) is 21.4. The van der Waals surface area contributed by atoms with Crippen molar-refractivity contribution >= 4 is 32.7 Å². The molecule has 0 unspecified atom stereocenters. The quantitative estimate of drug-likeness (QED) is 0.632. The van der Waals surface area contributed by atoms with Gasteiger partial charge in [0.1, 0.15) is 0 Å². The fraction of sp³-hybridized carbons (Fsp3) is 0.348. The molecule has 2 aromatic carbocycles. The van der Waals surface area contributed by atoms with E-state index in [1.165, 1.54) is 16.4 Å². The summed E-state index contributed by atoms with van der Waals surface area (Å²) in [6.45, 7) is 5.22. The van der Waals surface area contributed by atoms with Gasteiger partial charge in [-0.05, 0) is 68.1 Å². The maximum absolute atomic E-state index is 12.7. The number of sulfonamides is 1. The van der Waals surface area contributed by atoms with E-state index in [0.717, 1.165) is 42.6 Å². The van der Waals surface area contributed by atoms with Crippen molar-refractivity contribution in [3.8, 4) is 0 Å². The van der Waals surface area contributed by atoms with Crippen LogP contribution < -0.4 is 5.32 Å². The first-order chi connectivity index (χ1) is 14.9. The molecule has 0 aliphatic carbocycles. The summed E-state index contributed by atoms with van der Waals surface area (Å²) >= 11 is 0. The second-order valence-corrected chi connectivity index (χ2v) is 9.56. The Labute approximate surface area is 182 Å². The van der Waals surface area contributed by atoms with Gasteiger partial charge < -0.3 is 5.32 Å². The summed E-state index contributed by atoms with van der Waals surface area (Å²) in [6.07, 6.45) is 3.39. The van der Waals surface area contributed by atoms with Gasteiger partial charge >= 0.3 is 0 Å². The molecule has 0 radical (unpaired) electrons. The number of hydrogen-bond donors (Lipinski definition) is 1. The predicted molar refractivity (Wildman–Crippen MR) is 121 cm³/mol. The summed E-state index contributed by atoms with van der Waals surface area (Å²) < 4.78 is 26.8. The van der Waals surface area contributed by atoms with Crippen LogP contribution in [0.4, 0.5) is 5.69 Å². The first-order valence-electron chi connectivity index (χ1n) is 10.6. The van der Waals surface area contributed by atoms with Gasteiger partial charge in [0.2, 0.25) is 10.0 Å². The molecule has 1 amide bonds. The topological polar surface area (TPSA) is 92.3 Å². The summed E-state index contributed by atoms with van der Waals surface area (Å²) in [6, 6.07) is 11.6. The second kappa shape index (κ2) is 8.72. The van der Waals surface area contributed by atoms with Crippen LogP contribution in [0.1, 0.15) is 48.4 Å². The Kier molecular flexibility index (Phi) is 6.02. The second-order valence-electron chi connectivity index (χ2n) is 7.62. The molecule has 1 aromatic heterocycles. The zero-order valence-electron chi connectivity index (χ0n) is 17.8. The predicted octanol–water partition coefficient (Wildman–Crippen LogP) is 3.79. The zero-order valence-corrected chi connectivity index (χ0v) is 18.6. The number of carbonyl (C=O) groups is 1. The van der Waals surface area contributed by atoms with Crippen molar-refractivity contribution in [2.24, 2.45) is 0 Å². The van der Waals surface area contributed by atoms with Gasteiger partial charge in [0.25, 0.3) is 5.91 Å². The Morgan fingerprint density at radius 3 is 2.16 bits per heavy atom. The van der Waals surface area contributed by atoms with Gasteiger partial charge in [0.15, 0.2) is 0 Å². The minimum absolute atomic E-state index is 0.243. The number of nitrogens with one attached hydrogen (secondary N) is 1. The highest BCUT2D eigenvalue weighted by molar-refractivity contribution is 7.89. The molecule has 2 heterocycles. The number of nitrogens with zero attached hydrogens (tertiary/aromatic N) is 3. The number of carbonyl (C=O) groups excluding carboxylic acids is 1. The number of amides is 1. The van der Waals surface area contributed by atoms with E-state index >= 15 is 0 Å². The fourth-order valence-corrected chi connectivity index (χ4v) is 5.34. The highest BCUT2D eigenvalue weighted by Crippen LogP contribution is 2.23. The van der Waals surface area contributed by atoms with Crippen LogP contribution in [0, 0.1) is 0 Å².